The van der Waals surface area contributed by atoms with Crippen LogP contribution in [0.3, 0.4) is 0 Å². The van der Waals surface area contributed by atoms with Crippen LogP contribution in [0.2, 0.25) is 0 Å². The Morgan fingerprint density at radius 3 is 2.04 bits per heavy atom. The Morgan fingerprint density at radius 1 is 1.00 bits per heavy atom. The molecule has 0 radical (unpaired) electrons. The number of rotatable bonds is 7. The lowest BCUT2D eigenvalue weighted by Gasteiger charge is -2.21. The van der Waals surface area contributed by atoms with Gasteiger partial charge in [-0.05, 0) is 48.7 Å². The predicted molar refractivity (Wildman–Crippen MR) is 106 cm³/mol. The molecule has 146 valence electrons. The Hall–Kier alpha value is -2.54. The molecule has 0 aromatic heterocycles. The summed E-state index contributed by atoms with van der Waals surface area (Å²) < 4.78 is 28.2. The number of benzene rings is 2. The molecule has 7 heteroatoms. The lowest BCUT2D eigenvalue weighted by molar-refractivity contribution is 0.233. The fourth-order valence-corrected chi connectivity index (χ4v) is 3.37. The summed E-state index contributed by atoms with van der Waals surface area (Å²) in [6, 6.07) is 13.5. The first-order chi connectivity index (χ1) is 12.7. The Bertz CT molecular complexity index is 862. The number of carbonyl (C=O) groups is 1. The molecule has 0 saturated carbocycles. The van der Waals surface area contributed by atoms with E-state index in [-0.39, 0.29) is 23.0 Å². The zero-order valence-corrected chi connectivity index (χ0v) is 16.8. The third-order valence-corrected chi connectivity index (χ3v) is 5.52. The van der Waals surface area contributed by atoms with E-state index in [0.717, 1.165) is 23.3 Å². The van der Waals surface area contributed by atoms with Gasteiger partial charge in [0.05, 0.1) is 24.1 Å². The van der Waals surface area contributed by atoms with Crippen LogP contribution in [0.1, 0.15) is 43.5 Å². The number of amides is 2. The van der Waals surface area contributed by atoms with Crippen LogP contribution in [0.5, 0.6) is 5.75 Å². The van der Waals surface area contributed by atoms with Crippen molar-refractivity contribution >= 4 is 15.9 Å². The number of sulfone groups is 1. The average Bonchev–Trinajstić information content (AvgIpc) is 2.65. The van der Waals surface area contributed by atoms with Gasteiger partial charge in [-0.1, -0.05) is 31.2 Å². The van der Waals surface area contributed by atoms with Crippen molar-refractivity contribution in [1.29, 1.82) is 0 Å². The normalized spacial score (nSPS) is 13.5. The third kappa shape index (κ3) is 5.72. The molecule has 2 rings (SSSR count). The maximum Gasteiger partial charge on any atom is 0.315 e. The number of methoxy groups -OCH3 is 1. The number of carbonyl (C=O) groups excluding carboxylic acids is 1. The monoisotopic (exact) mass is 390 g/mol. The third-order valence-electron chi connectivity index (χ3n) is 4.39. The largest absolute Gasteiger partial charge is 0.497 e. The molecule has 0 aliphatic heterocycles. The molecule has 2 aromatic carbocycles. The number of nitrogens with one attached hydrogen (secondary N) is 2. The van der Waals surface area contributed by atoms with Crippen LogP contribution in [-0.2, 0) is 9.84 Å². The van der Waals surface area contributed by atoms with Crippen LogP contribution in [0, 0.1) is 0 Å². The van der Waals surface area contributed by atoms with Gasteiger partial charge in [0.1, 0.15) is 5.75 Å². The first kappa shape index (κ1) is 20.8. The molecule has 2 atom stereocenters. The van der Waals surface area contributed by atoms with Crippen molar-refractivity contribution in [2.24, 2.45) is 0 Å². The molecule has 0 bridgehead atoms. The molecule has 0 fully saturated rings. The number of ether oxygens (including phenoxy) is 1. The SMILES string of the molecule is CCC(NC(=O)NC(C)c1ccc(S(C)(=O)=O)cc1)c1ccc(OC)cc1. The highest BCUT2D eigenvalue weighted by Gasteiger charge is 2.16. The highest BCUT2D eigenvalue weighted by Crippen LogP contribution is 2.21. The van der Waals surface area contributed by atoms with E-state index in [4.69, 9.17) is 4.74 Å². The maximum absolute atomic E-state index is 12.4. The summed E-state index contributed by atoms with van der Waals surface area (Å²) in [6.07, 6.45) is 1.92. The second kappa shape index (κ2) is 8.90. The van der Waals surface area contributed by atoms with Crippen molar-refractivity contribution in [3.05, 3.63) is 59.7 Å². The average molecular weight is 391 g/mol. The Balaban J connectivity index is 2.00. The molecule has 0 saturated heterocycles. The molecule has 0 spiro atoms. The summed E-state index contributed by atoms with van der Waals surface area (Å²) in [4.78, 5) is 12.6. The molecule has 2 N–H and O–H groups in total. The van der Waals surface area contributed by atoms with E-state index in [0.29, 0.717) is 0 Å². The minimum atomic E-state index is -3.23. The molecule has 0 aliphatic rings. The van der Waals surface area contributed by atoms with E-state index >= 15 is 0 Å². The van der Waals surface area contributed by atoms with Gasteiger partial charge in [0.15, 0.2) is 9.84 Å². The molecular weight excluding hydrogens is 364 g/mol. The highest BCUT2D eigenvalue weighted by molar-refractivity contribution is 7.90. The van der Waals surface area contributed by atoms with Gasteiger partial charge in [-0.15, -0.1) is 0 Å². The lowest BCUT2D eigenvalue weighted by Crippen LogP contribution is -2.39. The summed E-state index contributed by atoms with van der Waals surface area (Å²) in [5.41, 5.74) is 1.83. The van der Waals surface area contributed by atoms with Crippen LogP contribution >= 0.6 is 0 Å². The van der Waals surface area contributed by atoms with Crippen LogP contribution < -0.4 is 15.4 Å². The molecule has 2 amide bonds. The number of urea groups is 1. The molecule has 0 heterocycles. The van der Waals surface area contributed by atoms with Gasteiger partial charge in [0.25, 0.3) is 0 Å². The molecular formula is C20H26N2O4S. The number of hydrogen-bond donors (Lipinski definition) is 2. The summed E-state index contributed by atoms with van der Waals surface area (Å²) in [6.45, 7) is 3.85. The van der Waals surface area contributed by atoms with Crippen molar-refractivity contribution in [3.63, 3.8) is 0 Å². The highest BCUT2D eigenvalue weighted by atomic mass is 32.2. The van der Waals surface area contributed by atoms with Gasteiger partial charge < -0.3 is 15.4 Å². The lowest BCUT2D eigenvalue weighted by atomic mass is 10.0. The van der Waals surface area contributed by atoms with E-state index < -0.39 is 9.84 Å². The summed E-state index contributed by atoms with van der Waals surface area (Å²) in [5, 5.41) is 5.86. The van der Waals surface area contributed by atoms with Gasteiger partial charge in [0, 0.05) is 6.26 Å². The molecule has 27 heavy (non-hydrogen) atoms. The standard InChI is InChI=1S/C20H26N2O4S/c1-5-19(16-6-10-17(26-3)11-7-16)22-20(23)21-14(2)15-8-12-18(13-9-15)27(4,24)25/h6-14,19H,5H2,1-4H3,(H2,21,22,23). The van der Waals surface area contributed by atoms with E-state index in [1.54, 1.807) is 31.4 Å². The van der Waals surface area contributed by atoms with Crippen LogP contribution in [0.4, 0.5) is 4.79 Å². The van der Waals surface area contributed by atoms with Gasteiger partial charge in [-0.2, -0.15) is 0 Å². The van der Waals surface area contributed by atoms with Crippen molar-refractivity contribution in [1.82, 2.24) is 10.6 Å². The first-order valence-electron chi connectivity index (χ1n) is 8.75. The molecule has 2 aromatic rings. The fourth-order valence-electron chi connectivity index (χ4n) is 2.74. The van der Waals surface area contributed by atoms with Crippen molar-refractivity contribution in [2.75, 3.05) is 13.4 Å². The van der Waals surface area contributed by atoms with Gasteiger partial charge in [-0.25, -0.2) is 13.2 Å². The minimum Gasteiger partial charge on any atom is -0.497 e. The van der Waals surface area contributed by atoms with Crippen molar-refractivity contribution in [2.45, 2.75) is 37.2 Å². The zero-order chi connectivity index (χ0) is 20.0. The van der Waals surface area contributed by atoms with Crippen LogP contribution in [0.15, 0.2) is 53.4 Å². The summed E-state index contributed by atoms with van der Waals surface area (Å²) >= 11 is 0. The minimum absolute atomic E-state index is 0.115. The topological polar surface area (TPSA) is 84.5 Å². The quantitative estimate of drug-likeness (QED) is 0.756. The Kier molecular flexibility index (Phi) is 6.85. The summed E-state index contributed by atoms with van der Waals surface area (Å²) in [7, 11) is -1.62. The van der Waals surface area contributed by atoms with Gasteiger partial charge >= 0.3 is 6.03 Å². The zero-order valence-electron chi connectivity index (χ0n) is 16.0. The molecule has 2 unspecified atom stereocenters. The van der Waals surface area contributed by atoms with Crippen molar-refractivity contribution in [3.8, 4) is 5.75 Å². The predicted octanol–water partition coefficient (Wildman–Crippen LogP) is 3.61. The van der Waals surface area contributed by atoms with Gasteiger partial charge in [0.2, 0.25) is 0 Å². The van der Waals surface area contributed by atoms with Crippen LogP contribution in [0.25, 0.3) is 0 Å². The first-order valence-corrected chi connectivity index (χ1v) is 10.6. The van der Waals surface area contributed by atoms with Crippen molar-refractivity contribution < 1.29 is 17.9 Å². The van der Waals surface area contributed by atoms with E-state index in [1.807, 2.05) is 38.1 Å². The fraction of sp³-hybridized carbons (Fsp3) is 0.350. The molecule has 6 nitrogen and oxygen atoms in total. The maximum atomic E-state index is 12.4. The Morgan fingerprint density at radius 2 is 1.56 bits per heavy atom. The Labute approximate surface area is 160 Å². The second-order valence-corrected chi connectivity index (χ2v) is 8.43. The molecule has 0 aliphatic carbocycles. The summed E-state index contributed by atoms with van der Waals surface area (Å²) in [5.74, 6) is 0.768. The van der Waals surface area contributed by atoms with Gasteiger partial charge in [-0.3, -0.25) is 0 Å². The van der Waals surface area contributed by atoms with E-state index in [2.05, 4.69) is 10.6 Å². The van der Waals surface area contributed by atoms with E-state index in [9.17, 15) is 13.2 Å². The van der Waals surface area contributed by atoms with Crippen LogP contribution in [-0.4, -0.2) is 27.8 Å². The second-order valence-electron chi connectivity index (χ2n) is 6.41. The smallest absolute Gasteiger partial charge is 0.315 e. The van der Waals surface area contributed by atoms with E-state index in [1.165, 1.54) is 6.26 Å². The number of hydrogen-bond acceptors (Lipinski definition) is 4.